The molecule has 2 aromatic heterocycles. The molecule has 2 heterocycles. The number of ether oxygens (including phenoxy) is 1. The van der Waals surface area contributed by atoms with E-state index in [0.29, 0.717) is 23.8 Å². The highest BCUT2D eigenvalue weighted by Gasteiger charge is 2.25. The van der Waals surface area contributed by atoms with Gasteiger partial charge in [-0.1, -0.05) is 0 Å². The second kappa shape index (κ2) is 8.12. The summed E-state index contributed by atoms with van der Waals surface area (Å²) in [6, 6.07) is 3.63. The average molecular weight is 383 g/mol. The number of hydrogen-bond donors (Lipinski definition) is 1. The van der Waals surface area contributed by atoms with Gasteiger partial charge in [0.15, 0.2) is 5.82 Å². The first-order valence-electron chi connectivity index (χ1n) is 9.77. The molecule has 1 amide bonds. The quantitative estimate of drug-likeness (QED) is 0.826. The van der Waals surface area contributed by atoms with Crippen LogP contribution in [0.2, 0.25) is 0 Å². The minimum Gasteiger partial charge on any atom is -0.497 e. The number of hydrogen-bond acceptors (Lipinski definition) is 6. The summed E-state index contributed by atoms with van der Waals surface area (Å²) in [7, 11) is 1.63. The van der Waals surface area contributed by atoms with Crippen molar-refractivity contribution >= 4 is 11.7 Å². The number of anilines is 1. The van der Waals surface area contributed by atoms with Gasteiger partial charge in [0.2, 0.25) is 5.91 Å². The Hall–Kier alpha value is -2.70. The van der Waals surface area contributed by atoms with E-state index >= 15 is 0 Å². The molecule has 0 fully saturated rings. The molecule has 7 heteroatoms. The first kappa shape index (κ1) is 20.0. The summed E-state index contributed by atoms with van der Waals surface area (Å²) >= 11 is 0. The zero-order valence-corrected chi connectivity index (χ0v) is 17.4. The monoisotopic (exact) mass is 383 g/mol. The number of fused-ring (bicyclic) bond motifs is 1. The molecule has 0 radical (unpaired) electrons. The molecule has 0 aromatic carbocycles. The van der Waals surface area contributed by atoms with Gasteiger partial charge in [0.25, 0.3) is 0 Å². The minimum absolute atomic E-state index is 0.0132. The fourth-order valence-corrected chi connectivity index (χ4v) is 3.42. The summed E-state index contributed by atoms with van der Waals surface area (Å²) in [5, 5.41) is 3.03. The number of likely N-dealkylation sites (N-methyl/N-ethyl adjacent to an activating group) is 1. The first-order valence-corrected chi connectivity index (χ1v) is 9.77. The van der Waals surface area contributed by atoms with Crippen LogP contribution in [0.25, 0.3) is 11.5 Å². The summed E-state index contributed by atoms with van der Waals surface area (Å²) in [4.78, 5) is 28.5. The molecule has 0 atom stereocenters. The van der Waals surface area contributed by atoms with Crippen LogP contribution >= 0.6 is 0 Å². The number of carbonyl (C=O) groups excluding carboxylic acids is 1. The summed E-state index contributed by atoms with van der Waals surface area (Å²) < 4.78 is 5.31. The van der Waals surface area contributed by atoms with Crippen LogP contribution < -0.4 is 15.0 Å². The predicted octanol–water partition coefficient (Wildman–Crippen LogP) is 2.78. The fraction of sp³-hybridized carbons (Fsp3) is 0.524. The zero-order chi connectivity index (χ0) is 20.3. The van der Waals surface area contributed by atoms with Crippen molar-refractivity contribution in [2.75, 3.05) is 25.1 Å². The third-order valence-electron chi connectivity index (χ3n) is 4.64. The number of amides is 1. The Morgan fingerprint density at radius 2 is 2.07 bits per heavy atom. The third-order valence-corrected chi connectivity index (χ3v) is 4.64. The van der Waals surface area contributed by atoms with Crippen LogP contribution in [-0.4, -0.2) is 46.6 Å². The number of rotatable bonds is 6. The van der Waals surface area contributed by atoms with Gasteiger partial charge in [-0.3, -0.25) is 9.78 Å². The van der Waals surface area contributed by atoms with E-state index in [1.165, 1.54) is 0 Å². The van der Waals surface area contributed by atoms with Crippen LogP contribution in [0.5, 0.6) is 5.75 Å². The smallest absolute Gasteiger partial charge is 0.239 e. The maximum atomic E-state index is 12.5. The number of methoxy groups -OCH3 is 1. The van der Waals surface area contributed by atoms with Gasteiger partial charge in [0.1, 0.15) is 17.3 Å². The van der Waals surface area contributed by atoms with Gasteiger partial charge >= 0.3 is 0 Å². The van der Waals surface area contributed by atoms with Crippen molar-refractivity contribution in [2.24, 2.45) is 0 Å². The fourth-order valence-electron chi connectivity index (χ4n) is 3.42. The van der Waals surface area contributed by atoms with Crippen molar-refractivity contribution in [3.8, 4) is 17.3 Å². The summed E-state index contributed by atoms with van der Waals surface area (Å²) in [5.74, 6) is 2.12. The Morgan fingerprint density at radius 1 is 1.29 bits per heavy atom. The number of nitrogens with zero attached hydrogens (tertiary/aromatic N) is 4. The summed E-state index contributed by atoms with van der Waals surface area (Å²) in [6.45, 7) is 8.94. The zero-order valence-electron chi connectivity index (χ0n) is 17.4. The number of aromatic nitrogens is 3. The van der Waals surface area contributed by atoms with E-state index in [2.05, 4.69) is 10.3 Å². The van der Waals surface area contributed by atoms with E-state index in [1.807, 2.05) is 38.7 Å². The summed E-state index contributed by atoms with van der Waals surface area (Å²) in [5.41, 5.74) is 2.61. The van der Waals surface area contributed by atoms with Crippen LogP contribution in [0.1, 0.15) is 45.4 Å². The van der Waals surface area contributed by atoms with Crippen molar-refractivity contribution in [3.05, 3.63) is 29.6 Å². The standard InChI is InChI=1S/C21H29N5O2/c1-6-26(13-18(27)25-21(2,3)4)20-15-8-7-9-16(15)23-19(24-20)17-12-14(28-5)10-11-22-17/h10-12H,6-9,13H2,1-5H3,(H,25,27). The topological polar surface area (TPSA) is 80.2 Å². The number of nitrogens with one attached hydrogen (secondary N) is 1. The van der Waals surface area contributed by atoms with E-state index in [4.69, 9.17) is 14.7 Å². The number of carbonyl (C=O) groups is 1. The van der Waals surface area contributed by atoms with E-state index in [-0.39, 0.29) is 18.0 Å². The van der Waals surface area contributed by atoms with Crippen LogP contribution in [0, 0.1) is 0 Å². The summed E-state index contributed by atoms with van der Waals surface area (Å²) in [6.07, 6.45) is 4.61. The Balaban J connectivity index is 1.97. The molecule has 1 N–H and O–H groups in total. The van der Waals surface area contributed by atoms with Gasteiger partial charge in [0.05, 0.1) is 13.7 Å². The molecule has 1 aliphatic rings. The second-order valence-electron chi connectivity index (χ2n) is 8.04. The molecular formula is C21H29N5O2. The van der Waals surface area contributed by atoms with E-state index < -0.39 is 0 Å². The maximum absolute atomic E-state index is 12.5. The molecule has 0 aliphatic heterocycles. The molecule has 150 valence electrons. The molecule has 0 spiro atoms. The SMILES string of the molecule is CCN(CC(=O)NC(C)(C)C)c1nc(-c2cc(OC)ccn2)nc2c1CCC2. The van der Waals surface area contributed by atoms with Crippen molar-refractivity contribution < 1.29 is 9.53 Å². The number of pyridine rings is 1. The highest BCUT2D eigenvalue weighted by molar-refractivity contribution is 5.82. The molecule has 0 bridgehead atoms. The largest absolute Gasteiger partial charge is 0.497 e. The number of aryl methyl sites for hydroxylation is 1. The molecule has 1 aliphatic carbocycles. The van der Waals surface area contributed by atoms with Gasteiger partial charge < -0.3 is 15.0 Å². The lowest BCUT2D eigenvalue weighted by atomic mass is 10.1. The van der Waals surface area contributed by atoms with Crippen LogP contribution in [0.3, 0.4) is 0 Å². The van der Waals surface area contributed by atoms with Crippen molar-refractivity contribution in [1.82, 2.24) is 20.3 Å². The normalized spacial score (nSPS) is 13.2. The molecule has 0 unspecified atom stereocenters. The van der Waals surface area contributed by atoms with Gasteiger partial charge in [-0.15, -0.1) is 0 Å². The minimum atomic E-state index is -0.264. The van der Waals surface area contributed by atoms with Gasteiger partial charge in [-0.25, -0.2) is 9.97 Å². The second-order valence-corrected chi connectivity index (χ2v) is 8.04. The molecule has 3 rings (SSSR count). The Bertz CT molecular complexity index is 860. The molecule has 2 aromatic rings. The van der Waals surface area contributed by atoms with Crippen LogP contribution in [0.15, 0.2) is 18.3 Å². The average Bonchev–Trinajstić information content (AvgIpc) is 3.12. The van der Waals surface area contributed by atoms with E-state index in [9.17, 15) is 4.79 Å². The van der Waals surface area contributed by atoms with Gasteiger partial charge in [0, 0.05) is 35.6 Å². The van der Waals surface area contributed by atoms with Gasteiger partial charge in [-0.05, 0) is 53.0 Å². The first-order chi connectivity index (χ1) is 13.3. The Morgan fingerprint density at radius 3 is 2.75 bits per heavy atom. The molecule has 0 saturated heterocycles. The van der Waals surface area contributed by atoms with E-state index in [1.54, 1.807) is 19.4 Å². The van der Waals surface area contributed by atoms with Crippen LogP contribution in [0.4, 0.5) is 5.82 Å². The van der Waals surface area contributed by atoms with Crippen molar-refractivity contribution in [2.45, 2.75) is 52.5 Å². The maximum Gasteiger partial charge on any atom is 0.239 e. The Kier molecular flexibility index (Phi) is 5.82. The lowest BCUT2D eigenvalue weighted by molar-refractivity contribution is -0.121. The van der Waals surface area contributed by atoms with Crippen LogP contribution in [-0.2, 0) is 17.6 Å². The third kappa shape index (κ3) is 4.58. The van der Waals surface area contributed by atoms with Crippen molar-refractivity contribution in [3.63, 3.8) is 0 Å². The highest BCUT2D eigenvalue weighted by atomic mass is 16.5. The lowest BCUT2D eigenvalue weighted by Gasteiger charge is -2.27. The lowest BCUT2D eigenvalue weighted by Crippen LogP contribution is -2.46. The van der Waals surface area contributed by atoms with Gasteiger partial charge in [-0.2, -0.15) is 0 Å². The Labute approximate surface area is 166 Å². The molecule has 28 heavy (non-hydrogen) atoms. The van der Waals surface area contributed by atoms with Crippen molar-refractivity contribution in [1.29, 1.82) is 0 Å². The predicted molar refractivity (Wildman–Crippen MR) is 110 cm³/mol. The highest BCUT2D eigenvalue weighted by Crippen LogP contribution is 2.31. The van der Waals surface area contributed by atoms with E-state index in [0.717, 1.165) is 36.3 Å². The molecule has 7 nitrogen and oxygen atoms in total. The molecular weight excluding hydrogens is 354 g/mol. The molecule has 0 saturated carbocycles.